The molecule has 0 N–H and O–H groups in total. The standard InChI is InChI=1S/C28H30N2O4Si/c1-19-24(25(31)26(32)33-5)23-18-22(16-17-30(23)29-19)28(34-35-27(2,3)4,20-12-8-6-9-13-20)21-14-10-7-11-15-21/h6-18H,35H2,1-5H3. The molecule has 0 saturated heterocycles. The molecule has 0 aliphatic heterocycles. The number of nitrogens with zero attached hydrogens (tertiary/aromatic N) is 2. The zero-order valence-corrected chi connectivity index (χ0v) is 22.2. The number of aromatic nitrogens is 2. The second-order valence-electron chi connectivity index (χ2n) is 9.79. The molecule has 0 atom stereocenters. The van der Waals surface area contributed by atoms with Crippen molar-refractivity contribution < 1.29 is 18.8 Å². The fourth-order valence-electron chi connectivity index (χ4n) is 4.28. The molecular weight excluding hydrogens is 456 g/mol. The van der Waals surface area contributed by atoms with Crippen LogP contribution in [0.4, 0.5) is 0 Å². The normalized spacial score (nSPS) is 12.4. The SMILES string of the molecule is COC(=O)C(=O)c1c(C)nn2ccc(C(O[SiH2]C(C)(C)C)(c3ccccc3)c3ccccc3)cc12. The van der Waals surface area contributed by atoms with E-state index in [1.165, 1.54) is 7.11 Å². The third-order valence-electron chi connectivity index (χ3n) is 5.90. The van der Waals surface area contributed by atoms with Gasteiger partial charge in [0.2, 0.25) is 0 Å². The lowest BCUT2D eigenvalue weighted by Crippen LogP contribution is -2.36. The summed E-state index contributed by atoms with van der Waals surface area (Å²) in [7, 11) is 0.164. The van der Waals surface area contributed by atoms with Crippen molar-refractivity contribution in [2.24, 2.45) is 0 Å². The van der Waals surface area contributed by atoms with Crippen LogP contribution in [0.15, 0.2) is 79.0 Å². The van der Waals surface area contributed by atoms with Gasteiger partial charge < -0.3 is 9.16 Å². The summed E-state index contributed by atoms with van der Waals surface area (Å²) in [5, 5.41) is 4.50. The Labute approximate surface area is 207 Å². The number of hydrogen-bond acceptors (Lipinski definition) is 5. The van der Waals surface area contributed by atoms with Crippen molar-refractivity contribution in [1.29, 1.82) is 0 Å². The minimum Gasteiger partial charge on any atom is -0.463 e. The number of pyridine rings is 1. The van der Waals surface area contributed by atoms with E-state index in [1.54, 1.807) is 11.4 Å². The van der Waals surface area contributed by atoms with Crippen LogP contribution in [-0.4, -0.2) is 38.2 Å². The van der Waals surface area contributed by atoms with E-state index in [0.29, 0.717) is 11.2 Å². The Bertz CT molecular complexity index is 1320. The highest BCUT2D eigenvalue weighted by Crippen LogP contribution is 2.42. The minimum atomic E-state index is -1.04. The summed E-state index contributed by atoms with van der Waals surface area (Å²) >= 11 is 0. The summed E-state index contributed by atoms with van der Waals surface area (Å²) in [5.41, 5.74) is 3.18. The lowest BCUT2D eigenvalue weighted by Gasteiger charge is -2.38. The van der Waals surface area contributed by atoms with E-state index in [1.807, 2.05) is 54.7 Å². The molecule has 180 valence electrons. The largest absolute Gasteiger partial charge is 0.463 e. The smallest absolute Gasteiger partial charge is 0.379 e. The molecule has 0 unspecified atom stereocenters. The first-order chi connectivity index (χ1) is 16.7. The monoisotopic (exact) mass is 486 g/mol. The number of fused-ring (bicyclic) bond motifs is 1. The molecule has 2 aromatic carbocycles. The zero-order valence-electron chi connectivity index (χ0n) is 20.7. The number of Topliss-reactive ketones (excluding diaryl/α,β-unsaturated/α-hetero) is 1. The van der Waals surface area contributed by atoms with Crippen LogP contribution in [0.3, 0.4) is 0 Å². The van der Waals surface area contributed by atoms with Gasteiger partial charge in [0.05, 0.1) is 23.9 Å². The van der Waals surface area contributed by atoms with E-state index in [9.17, 15) is 9.59 Å². The van der Waals surface area contributed by atoms with Gasteiger partial charge in [0.1, 0.15) is 5.60 Å². The number of hydrogen-bond donors (Lipinski definition) is 0. The third-order valence-corrected chi connectivity index (χ3v) is 7.34. The topological polar surface area (TPSA) is 69.9 Å². The van der Waals surface area contributed by atoms with Gasteiger partial charge in [-0.3, -0.25) is 4.79 Å². The Morgan fingerprint density at radius 3 is 1.97 bits per heavy atom. The molecule has 4 aromatic rings. The highest BCUT2D eigenvalue weighted by molar-refractivity contribution is 6.42. The number of carbonyl (C=O) groups is 2. The molecule has 0 spiro atoms. The van der Waals surface area contributed by atoms with Crippen molar-refractivity contribution in [3.63, 3.8) is 0 Å². The average molecular weight is 487 g/mol. The lowest BCUT2D eigenvalue weighted by atomic mass is 9.80. The Balaban J connectivity index is 2.03. The molecule has 0 aliphatic rings. The summed E-state index contributed by atoms with van der Waals surface area (Å²) < 4.78 is 13.3. The van der Waals surface area contributed by atoms with Crippen molar-refractivity contribution >= 4 is 27.0 Å². The Morgan fingerprint density at radius 1 is 0.886 bits per heavy atom. The van der Waals surface area contributed by atoms with Crippen molar-refractivity contribution in [3.8, 4) is 0 Å². The van der Waals surface area contributed by atoms with E-state index in [-0.39, 0.29) is 10.6 Å². The number of benzene rings is 2. The number of methoxy groups -OCH3 is 1. The summed E-state index contributed by atoms with van der Waals surface area (Å²) in [6.45, 7) is 8.29. The molecule has 35 heavy (non-hydrogen) atoms. The van der Waals surface area contributed by atoms with E-state index >= 15 is 0 Å². The maximum atomic E-state index is 12.9. The number of ether oxygens (including phenoxy) is 1. The second-order valence-corrected chi connectivity index (χ2v) is 12.5. The molecule has 0 radical (unpaired) electrons. The highest BCUT2D eigenvalue weighted by atomic mass is 28.2. The maximum absolute atomic E-state index is 12.9. The van der Waals surface area contributed by atoms with Gasteiger partial charge in [-0.05, 0) is 40.8 Å². The van der Waals surface area contributed by atoms with Crippen LogP contribution in [-0.2, 0) is 19.6 Å². The molecule has 0 fully saturated rings. The van der Waals surface area contributed by atoms with Crippen LogP contribution in [0.5, 0.6) is 0 Å². The molecule has 0 aliphatic carbocycles. The van der Waals surface area contributed by atoms with Gasteiger partial charge in [-0.2, -0.15) is 5.10 Å². The molecule has 0 bridgehead atoms. The quantitative estimate of drug-likeness (QED) is 0.165. The van der Waals surface area contributed by atoms with Crippen LogP contribution in [0.1, 0.15) is 53.5 Å². The fourth-order valence-corrected chi connectivity index (χ4v) is 5.43. The predicted molar refractivity (Wildman–Crippen MR) is 138 cm³/mol. The molecule has 0 amide bonds. The van der Waals surface area contributed by atoms with Crippen LogP contribution in [0.2, 0.25) is 5.04 Å². The van der Waals surface area contributed by atoms with E-state index in [2.05, 4.69) is 50.1 Å². The van der Waals surface area contributed by atoms with Crippen LogP contribution in [0, 0.1) is 6.92 Å². The third kappa shape index (κ3) is 4.69. The van der Waals surface area contributed by atoms with Gasteiger partial charge in [-0.15, -0.1) is 0 Å². The Hall–Kier alpha value is -3.55. The Kier molecular flexibility index (Phi) is 6.74. The molecule has 4 rings (SSSR count). The van der Waals surface area contributed by atoms with Gasteiger partial charge in [-0.1, -0.05) is 81.4 Å². The van der Waals surface area contributed by atoms with Gasteiger partial charge in [0.25, 0.3) is 5.78 Å². The van der Waals surface area contributed by atoms with E-state index in [0.717, 1.165) is 16.7 Å². The summed E-state index contributed by atoms with van der Waals surface area (Å²) in [6.07, 6.45) is 1.81. The predicted octanol–water partition coefficient (Wildman–Crippen LogP) is 4.61. The average Bonchev–Trinajstić information content (AvgIpc) is 3.19. The fraction of sp³-hybridized carbons (Fsp3) is 0.250. The number of aryl methyl sites for hydroxylation is 1. The second kappa shape index (κ2) is 9.60. The lowest BCUT2D eigenvalue weighted by molar-refractivity contribution is -0.135. The Morgan fingerprint density at radius 2 is 1.46 bits per heavy atom. The summed E-state index contributed by atoms with van der Waals surface area (Å²) in [6, 6.07) is 24.1. The van der Waals surface area contributed by atoms with Gasteiger partial charge in [0.15, 0.2) is 9.76 Å². The van der Waals surface area contributed by atoms with Crippen LogP contribution in [0.25, 0.3) is 5.52 Å². The van der Waals surface area contributed by atoms with Crippen molar-refractivity contribution in [1.82, 2.24) is 9.61 Å². The maximum Gasteiger partial charge on any atom is 0.379 e. The molecule has 7 heteroatoms. The summed E-state index contributed by atoms with van der Waals surface area (Å²) in [4.78, 5) is 25.0. The number of esters is 1. The molecule has 2 heterocycles. The number of carbonyl (C=O) groups excluding carboxylic acids is 2. The van der Waals surface area contributed by atoms with Crippen molar-refractivity contribution in [3.05, 3.63) is 107 Å². The van der Waals surface area contributed by atoms with Crippen molar-refractivity contribution in [2.75, 3.05) is 7.11 Å². The van der Waals surface area contributed by atoms with Gasteiger partial charge >= 0.3 is 5.97 Å². The number of rotatable bonds is 7. The molecule has 0 saturated carbocycles. The molecular formula is C28H30N2O4Si. The molecule has 6 nitrogen and oxygen atoms in total. The summed E-state index contributed by atoms with van der Waals surface area (Å²) in [5.74, 6) is -1.63. The zero-order chi connectivity index (χ0) is 25.2. The van der Waals surface area contributed by atoms with E-state index in [4.69, 9.17) is 9.16 Å². The van der Waals surface area contributed by atoms with Crippen LogP contribution >= 0.6 is 0 Å². The number of ketones is 1. The minimum absolute atomic E-state index is 0.0398. The van der Waals surface area contributed by atoms with Gasteiger partial charge in [0, 0.05) is 6.20 Å². The first-order valence-corrected chi connectivity index (χ1v) is 12.8. The highest BCUT2D eigenvalue weighted by Gasteiger charge is 2.39. The molecule has 2 aromatic heterocycles. The first kappa shape index (κ1) is 24.6. The van der Waals surface area contributed by atoms with Gasteiger partial charge in [-0.25, -0.2) is 9.31 Å². The van der Waals surface area contributed by atoms with Crippen LogP contribution < -0.4 is 0 Å². The first-order valence-electron chi connectivity index (χ1n) is 11.5. The van der Waals surface area contributed by atoms with Crippen molar-refractivity contribution in [2.45, 2.75) is 38.3 Å². The van der Waals surface area contributed by atoms with E-state index < -0.39 is 27.1 Å².